The van der Waals surface area contributed by atoms with Crippen LogP contribution in [0.5, 0.6) is 0 Å². The Morgan fingerprint density at radius 2 is 2.35 bits per heavy atom. The Bertz CT molecular complexity index is 504. The molecule has 0 radical (unpaired) electrons. The van der Waals surface area contributed by atoms with Crippen LogP contribution in [0.25, 0.3) is 0 Å². The Balaban J connectivity index is 2.18. The molecule has 1 fully saturated rings. The van der Waals surface area contributed by atoms with E-state index >= 15 is 0 Å². The smallest absolute Gasteiger partial charge is 0.310 e. The molecule has 1 saturated heterocycles. The molecule has 0 bridgehead atoms. The summed E-state index contributed by atoms with van der Waals surface area (Å²) in [5.41, 5.74) is 1.53. The van der Waals surface area contributed by atoms with E-state index < -0.39 is 0 Å². The van der Waals surface area contributed by atoms with Gasteiger partial charge < -0.3 is 9.64 Å². The van der Waals surface area contributed by atoms with Gasteiger partial charge in [-0.05, 0) is 38.0 Å². The normalized spacial score (nSPS) is 18.7. The van der Waals surface area contributed by atoms with Crippen LogP contribution in [-0.4, -0.2) is 32.0 Å². The van der Waals surface area contributed by atoms with E-state index in [2.05, 4.69) is 20.8 Å². The molecule has 1 aromatic carbocycles. The number of halogens is 1. The molecule has 1 unspecified atom stereocenters. The monoisotopic (exact) mass is 339 g/mol. The minimum atomic E-state index is -0.139. The first kappa shape index (κ1) is 15.0. The average Bonchev–Trinajstić information content (AvgIpc) is 2.47. The second-order valence-electron chi connectivity index (χ2n) is 4.86. The predicted octanol–water partition coefficient (Wildman–Crippen LogP) is 3.04. The van der Waals surface area contributed by atoms with E-state index in [0.29, 0.717) is 18.7 Å². The van der Waals surface area contributed by atoms with Crippen molar-refractivity contribution in [2.24, 2.45) is 5.92 Å². The number of benzene rings is 1. The van der Waals surface area contributed by atoms with Gasteiger partial charge in [0.1, 0.15) is 0 Å². The van der Waals surface area contributed by atoms with Crippen LogP contribution in [0, 0.1) is 5.92 Å². The molecule has 1 heterocycles. The number of hydrogen-bond donors (Lipinski definition) is 0. The van der Waals surface area contributed by atoms with E-state index in [0.717, 1.165) is 35.8 Å². The quantitative estimate of drug-likeness (QED) is 0.624. The van der Waals surface area contributed by atoms with Crippen molar-refractivity contribution in [3.63, 3.8) is 0 Å². The molecule has 0 saturated carbocycles. The summed E-state index contributed by atoms with van der Waals surface area (Å²) in [6, 6.07) is 5.57. The molecule has 5 heteroatoms. The van der Waals surface area contributed by atoms with Crippen LogP contribution in [0.2, 0.25) is 0 Å². The molecule has 2 rings (SSSR count). The van der Waals surface area contributed by atoms with Crippen molar-refractivity contribution < 1.29 is 14.3 Å². The lowest BCUT2D eigenvalue weighted by atomic mass is 9.97. The van der Waals surface area contributed by atoms with Gasteiger partial charge in [0.25, 0.3) is 0 Å². The van der Waals surface area contributed by atoms with E-state index in [1.165, 1.54) is 0 Å². The molecule has 1 aliphatic heterocycles. The highest BCUT2D eigenvalue weighted by molar-refractivity contribution is 9.10. The Morgan fingerprint density at radius 3 is 3.05 bits per heavy atom. The standard InChI is InChI=1S/C15H18BrNO3/c1-2-20-15(19)11-4-3-7-17(9-11)14-8-13(16)6-5-12(14)10-18/h5-6,8,10-11H,2-4,7,9H2,1H3. The average molecular weight is 340 g/mol. The third-order valence-electron chi connectivity index (χ3n) is 3.50. The highest BCUT2D eigenvalue weighted by atomic mass is 79.9. The van der Waals surface area contributed by atoms with E-state index in [9.17, 15) is 9.59 Å². The fourth-order valence-corrected chi connectivity index (χ4v) is 2.89. The first-order chi connectivity index (χ1) is 9.65. The molecule has 0 spiro atoms. The van der Waals surface area contributed by atoms with Gasteiger partial charge in [-0.3, -0.25) is 9.59 Å². The molecule has 1 aromatic rings. The van der Waals surface area contributed by atoms with Crippen molar-refractivity contribution in [3.8, 4) is 0 Å². The van der Waals surface area contributed by atoms with Crippen LogP contribution in [0.15, 0.2) is 22.7 Å². The minimum Gasteiger partial charge on any atom is -0.466 e. The SMILES string of the molecule is CCOC(=O)C1CCCN(c2cc(Br)ccc2C=O)C1. The van der Waals surface area contributed by atoms with Gasteiger partial charge in [-0.15, -0.1) is 0 Å². The summed E-state index contributed by atoms with van der Waals surface area (Å²) < 4.78 is 6.03. The van der Waals surface area contributed by atoms with E-state index in [4.69, 9.17) is 4.74 Å². The van der Waals surface area contributed by atoms with Crippen molar-refractivity contribution in [1.29, 1.82) is 0 Å². The molecule has 108 valence electrons. The van der Waals surface area contributed by atoms with E-state index in [1.54, 1.807) is 6.07 Å². The summed E-state index contributed by atoms with van der Waals surface area (Å²) in [7, 11) is 0. The number of ether oxygens (including phenoxy) is 1. The molecule has 1 aliphatic rings. The third-order valence-corrected chi connectivity index (χ3v) is 3.99. The van der Waals surface area contributed by atoms with Gasteiger partial charge in [-0.1, -0.05) is 15.9 Å². The van der Waals surface area contributed by atoms with Gasteiger partial charge in [0, 0.05) is 28.8 Å². The summed E-state index contributed by atoms with van der Waals surface area (Å²) in [6.45, 7) is 3.69. The zero-order valence-electron chi connectivity index (χ0n) is 11.5. The Labute approximate surface area is 127 Å². The maximum absolute atomic E-state index is 11.9. The maximum Gasteiger partial charge on any atom is 0.310 e. The molecule has 4 nitrogen and oxygen atoms in total. The summed E-state index contributed by atoms with van der Waals surface area (Å²) in [5.74, 6) is -0.248. The molecule has 0 aromatic heterocycles. The Hall–Kier alpha value is -1.36. The Kier molecular flexibility index (Phi) is 5.17. The van der Waals surface area contributed by atoms with Crippen molar-refractivity contribution in [2.75, 3.05) is 24.6 Å². The van der Waals surface area contributed by atoms with Gasteiger partial charge in [-0.2, -0.15) is 0 Å². The van der Waals surface area contributed by atoms with E-state index in [-0.39, 0.29) is 11.9 Å². The first-order valence-electron chi connectivity index (χ1n) is 6.82. The fourth-order valence-electron chi connectivity index (χ4n) is 2.54. The predicted molar refractivity (Wildman–Crippen MR) is 81.1 cm³/mol. The van der Waals surface area contributed by atoms with Gasteiger partial charge in [0.05, 0.1) is 12.5 Å². The fraction of sp³-hybridized carbons (Fsp3) is 0.467. The number of carbonyl (C=O) groups is 2. The van der Waals surface area contributed by atoms with Crippen LogP contribution < -0.4 is 4.90 Å². The summed E-state index contributed by atoms with van der Waals surface area (Å²) in [5, 5.41) is 0. The van der Waals surface area contributed by atoms with Gasteiger partial charge in [0.15, 0.2) is 6.29 Å². The van der Waals surface area contributed by atoms with Gasteiger partial charge in [-0.25, -0.2) is 0 Å². The number of hydrogen-bond acceptors (Lipinski definition) is 4. The topological polar surface area (TPSA) is 46.6 Å². The molecule has 1 atom stereocenters. The molecule has 0 N–H and O–H groups in total. The molecule has 0 amide bonds. The number of anilines is 1. The molecule has 0 aliphatic carbocycles. The van der Waals surface area contributed by atoms with Crippen molar-refractivity contribution in [3.05, 3.63) is 28.2 Å². The lowest BCUT2D eigenvalue weighted by molar-refractivity contribution is -0.148. The van der Waals surface area contributed by atoms with Crippen molar-refractivity contribution in [1.82, 2.24) is 0 Å². The lowest BCUT2D eigenvalue weighted by Crippen LogP contribution is -2.39. The molecular weight excluding hydrogens is 322 g/mol. The van der Waals surface area contributed by atoms with Gasteiger partial charge >= 0.3 is 5.97 Å². The number of esters is 1. The number of aldehydes is 1. The highest BCUT2D eigenvalue weighted by Gasteiger charge is 2.27. The number of piperidine rings is 1. The van der Waals surface area contributed by atoms with E-state index in [1.807, 2.05) is 19.1 Å². The first-order valence-corrected chi connectivity index (χ1v) is 7.61. The second-order valence-corrected chi connectivity index (χ2v) is 5.77. The molecular formula is C15H18BrNO3. The maximum atomic E-state index is 11.9. The van der Waals surface area contributed by atoms with Gasteiger partial charge in [0.2, 0.25) is 0 Å². The summed E-state index contributed by atoms with van der Waals surface area (Å²) in [4.78, 5) is 25.1. The third kappa shape index (κ3) is 3.39. The zero-order valence-corrected chi connectivity index (χ0v) is 13.1. The number of carbonyl (C=O) groups excluding carboxylic acids is 2. The zero-order chi connectivity index (χ0) is 14.5. The van der Waals surface area contributed by atoms with Crippen LogP contribution in [0.3, 0.4) is 0 Å². The van der Waals surface area contributed by atoms with Crippen LogP contribution in [0.4, 0.5) is 5.69 Å². The number of nitrogens with zero attached hydrogens (tertiary/aromatic N) is 1. The van der Waals surface area contributed by atoms with Crippen molar-refractivity contribution in [2.45, 2.75) is 19.8 Å². The van der Waals surface area contributed by atoms with Crippen molar-refractivity contribution >= 4 is 33.9 Å². The minimum absolute atomic E-state index is 0.109. The summed E-state index contributed by atoms with van der Waals surface area (Å²) in [6.07, 6.45) is 2.63. The number of rotatable bonds is 4. The van der Waals surface area contributed by atoms with Crippen LogP contribution in [0.1, 0.15) is 30.1 Å². The van der Waals surface area contributed by atoms with Crippen LogP contribution >= 0.6 is 15.9 Å². The summed E-state index contributed by atoms with van der Waals surface area (Å²) >= 11 is 3.43. The second kappa shape index (κ2) is 6.88. The van der Waals surface area contributed by atoms with Crippen LogP contribution in [-0.2, 0) is 9.53 Å². The largest absolute Gasteiger partial charge is 0.466 e. The lowest BCUT2D eigenvalue weighted by Gasteiger charge is -2.34. The Morgan fingerprint density at radius 1 is 1.55 bits per heavy atom. The molecule has 20 heavy (non-hydrogen) atoms. The highest BCUT2D eigenvalue weighted by Crippen LogP contribution is 2.29.